The van der Waals surface area contributed by atoms with Gasteiger partial charge in [-0.1, -0.05) is 42.3 Å². The van der Waals surface area contributed by atoms with Gasteiger partial charge in [0.2, 0.25) is 5.91 Å². The maximum Gasteiger partial charge on any atom is 0.223 e. The summed E-state index contributed by atoms with van der Waals surface area (Å²) in [5.41, 5.74) is 3.72. The first-order chi connectivity index (χ1) is 13.6. The normalized spacial score (nSPS) is 35.3. The van der Waals surface area contributed by atoms with E-state index in [4.69, 9.17) is 4.74 Å². The molecule has 0 radical (unpaired) electrons. The molecular weight excluding hydrogens is 350 g/mol. The molecule has 1 amide bonds. The topological polar surface area (TPSA) is 46.6 Å². The molecular formula is C24H29NO3. The number of rotatable bonds is 2. The lowest BCUT2D eigenvalue weighted by atomic mass is 9.76. The van der Waals surface area contributed by atoms with E-state index >= 15 is 0 Å². The maximum atomic E-state index is 12.9. The van der Waals surface area contributed by atoms with Gasteiger partial charge in [-0.25, -0.2) is 0 Å². The fourth-order valence-corrected chi connectivity index (χ4v) is 6.63. The average molecular weight is 380 g/mol. The molecule has 1 aromatic carbocycles. The van der Waals surface area contributed by atoms with Gasteiger partial charge < -0.3 is 9.64 Å². The minimum absolute atomic E-state index is 0.128. The summed E-state index contributed by atoms with van der Waals surface area (Å²) in [4.78, 5) is 27.9. The van der Waals surface area contributed by atoms with Crippen LogP contribution in [0.1, 0.15) is 62.8 Å². The second kappa shape index (κ2) is 6.84. The van der Waals surface area contributed by atoms with Crippen LogP contribution < -0.4 is 0 Å². The van der Waals surface area contributed by atoms with Gasteiger partial charge in [0.15, 0.2) is 0 Å². The van der Waals surface area contributed by atoms with Crippen LogP contribution in [0.3, 0.4) is 0 Å². The Bertz CT molecular complexity index is 830. The molecule has 5 rings (SSSR count). The van der Waals surface area contributed by atoms with Crippen LogP contribution in [0.25, 0.3) is 0 Å². The van der Waals surface area contributed by atoms with Gasteiger partial charge >= 0.3 is 0 Å². The minimum atomic E-state index is -0.207. The van der Waals surface area contributed by atoms with Crippen LogP contribution in [0, 0.1) is 5.92 Å². The predicted molar refractivity (Wildman–Crippen MR) is 107 cm³/mol. The SMILES string of the molecule is COC1CC(=O)C[C@@H](c2ccccc2)C2=C1C13CCC(=O)N1CCCCC3C2. The lowest BCUT2D eigenvalue weighted by Crippen LogP contribution is -2.52. The summed E-state index contributed by atoms with van der Waals surface area (Å²) >= 11 is 0. The largest absolute Gasteiger partial charge is 0.377 e. The third kappa shape index (κ3) is 2.53. The van der Waals surface area contributed by atoms with Crippen LogP contribution in [0.15, 0.2) is 41.5 Å². The third-order valence-electron chi connectivity index (χ3n) is 7.71. The minimum Gasteiger partial charge on any atom is -0.377 e. The van der Waals surface area contributed by atoms with E-state index in [1.165, 1.54) is 29.6 Å². The highest BCUT2D eigenvalue weighted by Crippen LogP contribution is 2.59. The van der Waals surface area contributed by atoms with E-state index in [9.17, 15) is 9.59 Å². The monoisotopic (exact) mass is 379 g/mol. The van der Waals surface area contributed by atoms with Crippen molar-refractivity contribution in [2.75, 3.05) is 13.7 Å². The van der Waals surface area contributed by atoms with E-state index < -0.39 is 0 Å². The van der Waals surface area contributed by atoms with Crippen molar-refractivity contribution in [1.82, 2.24) is 4.90 Å². The van der Waals surface area contributed by atoms with E-state index in [0.29, 0.717) is 31.1 Å². The summed E-state index contributed by atoms with van der Waals surface area (Å²) in [6.07, 6.45) is 6.78. The Kier molecular flexibility index (Phi) is 4.42. The molecule has 4 heteroatoms. The fourth-order valence-electron chi connectivity index (χ4n) is 6.63. The highest BCUT2D eigenvalue weighted by Gasteiger charge is 2.60. The van der Waals surface area contributed by atoms with Crippen LogP contribution in [0.2, 0.25) is 0 Å². The number of methoxy groups -OCH3 is 1. The molecule has 2 saturated heterocycles. The number of nitrogens with zero attached hydrogens (tertiary/aromatic N) is 1. The number of Topliss-reactive ketones (excluding diaryl/α,β-unsaturated/α-hetero) is 1. The number of hydrogen-bond donors (Lipinski definition) is 0. The van der Waals surface area contributed by atoms with Crippen LogP contribution in [0.5, 0.6) is 0 Å². The number of hydrogen-bond acceptors (Lipinski definition) is 3. The smallest absolute Gasteiger partial charge is 0.223 e. The standard InChI is InChI=1S/C24H29NO3/c1-28-21-15-18(26)14-19(16-7-3-2-4-8-16)20-13-17-9-5-6-12-25-22(27)10-11-24(17,25)23(20)21/h2-4,7-8,17,19,21H,5-6,9-15H2,1H3/t17?,19-,21?,24?/m0/s1. The van der Waals surface area contributed by atoms with E-state index in [1.54, 1.807) is 7.11 Å². The highest BCUT2D eigenvalue weighted by molar-refractivity contribution is 5.84. The lowest BCUT2D eigenvalue weighted by Gasteiger charge is -2.43. The number of allylic oxidation sites excluding steroid dienone is 1. The van der Waals surface area contributed by atoms with Crippen molar-refractivity contribution in [3.05, 3.63) is 47.0 Å². The van der Waals surface area contributed by atoms with Gasteiger partial charge in [0.25, 0.3) is 0 Å². The first kappa shape index (κ1) is 18.1. The van der Waals surface area contributed by atoms with Crippen LogP contribution in [-0.2, 0) is 14.3 Å². The Morgan fingerprint density at radius 2 is 1.89 bits per heavy atom. The zero-order valence-corrected chi connectivity index (χ0v) is 16.7. The summed E-state index contributed by atoms with van der Waals surface area (Å²) in [6, 6.07) is 10.5. The molecule has 4 aliphatic rings. The zero-order valence-electron chi connectivity index (χ0n) is 16.7. The molecule has 2 aliphatic heterocycles. The van der Waals surface area contributed by atoms with Gasteiger partial charge in [-0.2, -0.15) is 0 Å². The molecule has 0 saturated carbocycles. The van der Waals surface area contributed by atoms with Crippen molar-refractivity contribution in [3.63, 3.8) is 0 Å². The quantitative estimate of drug-likeness (QED) is 0.730. The number of ketones is 1. The number of carbonyl (C=O) groups excluding carboxylic acids is 2. The van der Waals surface area contributed by atoms with Crippen molar-refractivity contribution in [1.29, 1.82) is 0 Å². The molecule has 0 aromatic heterocycles. The third-order valence-corrected chi connectivity index (χ3v) is 7.71. The molecule has 2 fully saturated rings. The molecule has 4 nitrogen and oxygen atoms in total. The van der Waals surface area contributed by atoms with E-state index in [2.05, 4.69) is 29.2 Å². The molecule has 2 heterocycles. The first-order valence-electron chi connectivity index (χ1n) is 10.8. The van der Waals surface area contributed by atoms with Crippen LogP contribution in [0.4, 0.5) is 0 Å². The van der Waals surface area contributed by atoms with Crippen molar-refractivity contribution < 1.29 is 14.3 Å². The van der Waals surface area contributed by atoms with Gasteiger partial charge in [0.1, 0.15) is 5.78 Å². The Morgan fingerprint density at radius 3 is 2.68 bits per heavy atom. The second-order valence-electron chi connectivity index (χ2n) is 8.94. The van der Waals surface area contributed by atoms with E-state index in [1.807, 2.05) is 6.07 Å². The molecule has 3 unspecified atom stereocenters. The number of amides is 1. The summed E-state index contributed by atoms with van der Waals surface area (Å²) in [7, 11) is 1.73. The Hall–Kier alpha value is -1.94. The van der Waals surface area contributed by atoms with E-state index in [-0.39, 0.29) is 23.3 Å². The van der Waals surface area contributed by atoms with Gasteiger partial charge in [-0.05, 0) is 42.7 Å². The van der Waals surface area contributed by atoms with Crippen LogP contribution >= 0.6 is 0 Å². The molecule has 4 atom stereocenters. The number of ether oxygens (including phenoxy) is 1. The van der Waals surface area contributed by atoms with Crippen molar-refractivity contribution in [2.24, 2.45) is 5.92 Å². The molecule has 28 heavy (non-hydrogen) atoms. The Labute approximate surface area is 166 Å². The van der Waals surface area contributed by atoms with Crippen LogP contribution in [-0.4, -0.2) is 41.9 Å². The molecule has 1 spiro atoms. The Balaban J connectivity index is 1.70. The summed E-state index contributed by atoms with van der Waals surface area (Å²) in [5.74, 6) is 1.17. The number of benzene rings is 1. The Morgan fingerprint density at radius 1 is 1.07 bits per heavy atom. The summed E-state index contributed by atoms with van der Waals surface area (Å²) in [5, 5.41) is 0. The molecule has 1 aromatic rings. The second-order valence-corrected chi connectivity index (χ2v) is 8.94. The first-order valence-corrected chi connectivity index (χ1v) is 10.8. The van der Waals surface area contributed by atoms with Crippen molar-refractivity contribution >= 4 is 11.7 Å². The van der Waals surface area contributed by atoms with Gasteiger partial charge in [0.05, 0.1) is 11.6 Å². The number of carbonyl (C=O) groups is 2. The van der Waals surface area contributed by atoms with E-state index in [0.717, 1.165) is 25.8 Å². The zero-order chi connectivity index (χ0) is 19.3. The van der Waals surface area contributed by atoms with Gasteiger partial charge in [-0.15, -0.1) is 0 Å². The lowest BCUT2D eigenvalue weighted by molar-refractivity contribution is -0.131. The fraction of sp³-hybridized carbons (Fsp3) is 0.583. The molecule has 2 aliphatic carbocycles. The van der Waals surface area contributed by atoms with Crippen molar-refractivity contribution in [3.8, 4) is 0 Å². The highest BCUT2D eigenvalue weighted by atomic mass is 16.5. The molecule has 148 valence electrons. The molecule has 0 N–H and O–H groups in total. The average Bonchev–Trinajstić information content (AvgIpc) is 3.07. The van der Waals surface area contributed by atoms with Gasteiger partial charge in [-0.3, -0.25) is 9.59 Å². The van der Waals surface area contributed by atoms with Gasteiger partial charge in [0, 0.05) is 38.8 Å². The molecule has 0 bridgehead atoms. The summed E-state index contributed by atoms with van der Waals surface area (Å²) in [6.45, 7) is 0.854. The maximum absolute atomic E-state index is 12.9. The summed E-state index contributed by atoms with van der Waals surface area (Å²) < 4.78 is 5.95. The predicted octanol–water partition coefficient (Wildman–Crippen LogP) is 4.01. The van der Waals surface area contributed by atoms with Crippen molar-refractivity contribution in [2.45, 2.75) is 68.9 Å².